The van der Waals surface area contributed by atoms with E-state index in [-0.39, 0.29) is 18.3 Å². The molecule has 4 nitrogen and oxygen atoms in total. The highest BCUT2D eigenvalue weighted by Gasteiger charge is 2.47. The summed E-state index contributed by atoms with van der Waals surface area (Å²) in [4.78, 5) is 12.1. The second kappa shape index (κ2) is 5.24. The van der Waals surface area contributed by atoms with E-state index in [1.165, 1.54) is 0 Å². The lowest BCUT2D eigenvalue weighted by molar-refractivity contribution is -0.127. The van der Waals surface area contributed by atoms with Gasteiger partial charge in [-0.15, -0.1) is 12.4 Å². The molecule has 0 spiro atoms. The molecule has 1 amide bonds. The van der Waals surface area contributed by atoms with Crippen LogP contribution in [0.2, 0.25) is 0 Å². The van der Waals surface area contributed by atoms with E-state index in [1.807, 2.05) is 0 Å². The third-order valence-corrected chi connectivity index (χ3v) is 3.76. The number of hydrogen-bond acceptors (Lipinski definition) is 3. The van der Waals surface area contributed by atoms with Crippen molar-refractivity contribution in [1.82, 2.24) is 5.32 Å². The van der Waals surface area contributed by atoms with Crippen molar-refractivity contribution in [2.75, 3.05) is 0 Å². The molecule has 5 heteroatoms. The third-order valence-electron chi connectivity index (χ3n) is 3.76. The fraction of sp³-hybridized carbons (Fsp3) is 0.833. The van der Waals surface area contributed by atoms with E-state index in [0.29, 0.717) is 0 Å². The molecule has 0 atom stereocenters. The molecule has 2 fully saturated rings. The number of nitrogens with two attached hydrogens (primary N) is 1. The maximum Gasteiger partial charge on any atom is 0.241 e. The number of halogens is 1. The molecular weight excluding hydrogens is 238 g/mol. The molecule has 17 heavy (non-hydrogen) atoms. The minimum Gasteiger partial charge on any atom is -0.336 e. The zero-order chi connectivity index (χ0) is 11.6. The number of nitrogens with zero attached hydrogens (tertiary/aromatic N) is 1. The van der Waals surface area contributed by atoms with Gasteiger partial charge in [0.2, 0.25) is 5.91 Å². The van der Waals surface area contributed by atoms with Crippen LogP contribution in [0.5, 0.6) is 0 Å². The molecule has 0 aromatic heterocycles. The molecule has 96 valence electrons. The zero-order valence-corrected chi connectivity index (χ0v) is 10.8. The molecular formula is C12H20ClN3O. The molecule has 0 aromatic rings. The van der Waals surface area contributed by atoms with Gasteiger partial charge in [-0.05, 0) is 25.7 Å². The Balaban J connectivity index is 0.00000144. The summed E-state index contributed by atoms with van der Waals surface area (Å²) in [6, 6.07) is 2.17. The van der Waals surface area contributed by atoms with Crippen LogP contribution in [-0.4, -0.2) is 17.0 Å². The Kier molecular flexibility index (Phi) is 4.40. The van der Waals surface area contributed by atoms with E-state index < -0.39 is 11.1 Å². The van der Waals surface area contributed by atoms with E-state index in [4.69, 9.17) is 11.0 Å². The largest absolute Gasteiger partial charge is 0.336 e. The quantitative estimate of drug-likeness (QED) is 0.738. The number of hydrogen-bond donors (Lipinski definition) is 2. The summed E-state index contributed by atoms with van der Waals surface area (Å²) >= 11 is 0. The Hall–Kier alpha value is -0.790. The Morgan fingerprint density at radius 1 is 1.12 bits per heavy atom. The highest BCUT2D eigenvalue weighted by Crippen LogP contribution is 2.35. The van der Waals surface area contributed by atoms with Gasteiger partial charge < -0.3 is 11.1 Å². The fourth-order valence-electron chi connectivity index (χ4n) is 2.32. The lowest BCUT2D eigenvalue weighted by atomic mass is 9.90. The molecule has 0 radical (unpaired) electrons. The van der Waals surface area contributed by atoms with Crippen LogP contribution in [0.4, 0.5) is 0 Å². The summed E-state index contributed by atoms with van der Waals surface area (Å²) in [5.74, 6) is -0.117. The lowest BCUT2D eigenvalue weighted by Gasteiger charge is -2.27. The van der Waals surface area contributed by atoms with Gasteiger partial charge in [0, 0.05) is 0 Å². The van der Waals surface area contributed by atoms with E-state index in [2.05, 4.69) is 11.4 Å². The maximum absolute atomic E-state index is 12.1. The van der Waals surface area contributed by atoms with Crippen molar-refractivity contribution in [3.8, 4) is 6.07 Å². The number of nitriles is 1. The van der Waals surface area contributed by atoms with Crippen LogP contribution < -0.4 is 11.1 Å². The monoisotopic (exact) mass is 257 g/mol. The predicted octanol–water partition coefficient (Wildman–Crippen LogP) is 1.63. The molecule has 0 heterocycles. The second-order valence-corrected chi connectivity index (χ2v) is 5.22. The minimum absolute atomic E-state index is 0. The number of carbonyl (C=O) groups is 1. The van der Waals surface area contributed by atoms with Crippen LogP contribution >= 0.6 is 12.4 Å². The molecule has 2 saturated carbocycles. The van der Waals surface area contributed by atoms with Crippen LogP contribution in [0.3, 0.4) is 0 Å². The van der Waals surface area contributed by atoms with Gasteiger partial charge in [-0.2, -0.15) is 5.26 Å². The Bertz CT molecular complexity index is 325. The Morgan fingerprint density at radius 3 is 2.06 bits per heavy atom. The van der Waals surface area contributed by atoms with Crippen LogP contribution in [0.25, 0.3) is 0 Å². The first-order valence-corrected chi connectivity index (χ1v) is 6.13. The molecule has 0 saturated heterocycles. The van der Waals surface area contributed by atoms with E-state index in [9.17, 15) is 4.79 Å². The summed E-state index contributed by atoms with van der Waals surface area (Å²) in [7, 11) is 0. The van der Waals surface area contributed by atoms with Crippen LogP contribution in [0, 0.1) is 11.3 Å². The smallest absolute Gasteiger partial charge is 0.241 e. The van der Waals surface area contributed by atoms with Crippen molar-refractivity contribution in [3.63, 3.8) is 0 Å². The highest BCUT2D eigenvalue weighted by atomic mass is 35.5. The summed E-state index contributed by atoms with van der Waals surface area (Å²) in [6.07, 6.45) is 7.40. The van der Waals surface area contributed by atoms with Crippen molar-refractivity contribution >= 4 is 18.3 Å². The SMILES string of the molecule is Cl.N#CC1(NC(=O)C2(N)CCCCCC2)CC1. The Labute approximate surface area is 108 Å². The van der Waals surface area contributed by atoms with Gasteiger partial charge in [-0.25, -0.2) is 0 Å². The van der Waals surface area contributed by atoms with E-state index >= 15 is 0 Å². The Morgan fingerprint density at radius 2 is 1.65 bits per heavy atom. The van der Waals surface area contributed by atoms with Gasteiger partial charge in [-0.1, -0.05) is 25.7 Å². The lowest BCUT2D eigenvalue weighted by Crippen LogP contribution is -2.56. The molecule has 2 aliphatic rings. The van der Waals surface area contributed by atoms with E-state index in [0.717, 1.165) is 51.4 Å². The highest BCUT2D eigenvalue weighted by molar-refractivity contribution is 5.87. The summed E-state index contributed by atoms with van der Waals surface area (Å²) < 4.78 is 0. The summed E-state index contributed by atoms with van der Waals surface area (Å²) in [5.41, 5.74) is 4.85. The van der Waals surface area contributed by atoms with Crippen LogP contribution in [0.1, 0.15) is 51.4 Å². The third kappa shape index (κ3) is 3.11. The van der Waals surface area contributed by atoms with Gasteiger partial charge in [-0.3, -0.25) is 4.79 Å². The molecule has 0 aromatic carbocycles. The fourth-order valence-corrected chi connectivity index (χ4v) is 2.32. The van der Waals surface area contributed by atoms with Crippen molar-refractivity contribution in [1.29, 1.82) is 5.26 Å². The van der Waals surface area contributed by atoms with Gasteiger partial charge in [0.05, 0.1) is 11.6 Å². The average molecular weight is 258 g/mol. The van der Waals surface area contributed by atoms with Crippen molar-refractivity contribution in [2.45, 2.75) is 62.4 Å². The number of amides is 1. The minimum atomic E-state index is -0.733. The summed E-state index contributed by atoms with van der Waals surface area (Å²) in [6.45, 7) is 0. The number of rotatable bonds is 2. The van der Waals surface area contributed by atoms with Gasteiger partial charge in [0.1, 0.15) is 5.54 Å². The molecule has 2 aliphatic carbocycles. The number of carbonyl (C=O) groups excluding carboxylic acids is 1. The van der Waals surface area contributed by atoms with Crippen molar-refractivity contribution < 1.29 is 4.79 Å². The van der Waals surface area contributed by atoms with Crippen LogP contribution in [-0.2, 0) is 4.79 Å². The van der Waals surface area contributed by atoms with Gasteiger partial charge in [0.15, 0.2) is 0 Å². The first-order chi connectivity index (χ1) is 7.60. The molecule has 2 rings (SSSR count). The number of nitrogens with one attached hydrogen (secondary N) is 1. The molecule has 3 N–H and O–H groups in total. The van der Waals surface area contributed by atoms with E-state index in [1.54, 1.807) is 0 Å². The predicted molar refractivity (Wildman–Crippen MR) is 67.6 cm³/mol. The first kappa shape index (κ1) is 14.3. The normalized spacial score (nSPS) is 24.7. The molecule has 0 bridgehead atoms. The maximum atomic E-state index is 12.1. The summed E-state index contributed by atoms with van der Waals surface area (Å²) in [5, 5.41) is 11.8. The van der Waals surface area contributed by atoms with Gasteiger partial charge >= 0.3 is 0 Å². The molecule has 0 unspecified atom stereocenters. The van der Waals surface area contributed by atoms with Crippen molar-refractivity contribution in [3.05, 3.63) is 0 Å². The molecule has 0 aliphatic heterocycles. The average Bonchev–Trinajstić information content (AvgIpc) is 3.04. The van der Waals surface area contributed by atoms with Gasteiger partial charge in [0.25, 0.3) is 0 Å². The zero-order valence-electron chi connectivity index (χ0n) is 10.00. The standard InChI is InChI=1S/C12H19N3O.ClH/c13-9-11(7-8-11)15-10(16)12(14)5-3-1-2-4-6-12;/h1-8,14H2,(H,15,16);1H. The van der Waals surface area contributed by atoms with Crippen LogP contribution in [0.15, 0.2) is 0 Å². The topological polar surface area (TPSA) is 78.9 Å². The van der Waals surface area contributed by atoms with Crippen molar-refractivity contribution in [2.24, 2.45) is 5.73 Å². The second-order valence-electron chi connectivity index (χ2n) is 5.22. The first-order valence-electron chi connectivity index (χ1n) is 6.13.